The van der Waals surface area contributed by atoms with Gasteiger partial charge in [0, 0.05) is 13.1 Å². The molecule has 2 aromatic heterocycles. The highest BCUT2D eigenvalue weighted by molar-refractivity contribution is 6.33. The summed E-state index contributed by atoms with van der Waals surface area (Å²) in [6.45, 7) is 5.52. The lowest BCUT2D eigenvalue weighted by Crippen LogP contribution is -2.23. The van der Waals surface area contributed by atoms with Gasteiger partial charge in [-0.05, 0) is 12.8 Å². The Hall–Kier alpha value is -1.36. The normalized spacial score (nSPS) is 11.2. The molecule has 0 atom stereocenters. The van der Waals surface area contributed by atoms with Crippen molar-refractivity contribution < 1.29 is 0 Å². The maximum Gasteiger partial charge on any atom is 0.350 e. The van der Waals surface area contributed by atoms with Gasteiger partial charge in [-0.1, -0.05) is 25.4 Å². The molecule has 0 aliphatic heterocycles. The molecular formula is C11H15ClN4O. The highest BCUT2D eigenvalue weighted by Crippen LogP contribution is 2.19. The zero-order chi connectivity index (χ0) is 12.4. The van der Waals surface area contributed by atoms with Crippen LogP contribution in [0.1, 0.15) is 26.7 Å². The van der Waals surface area contributed by atoms with Gasteiger partial charge in [0.15, 0.2) is 10.8 Å². The van der Waals surface area contributed by atoms with Gasteiger partial charge in [-0.2, -0.15) is 4.98 Å². The fourth-order valence-electron chi connectivity index (χ4n) is 1.90. The predicted octanol–water partition coefficient (Wildman–Crippen LogP) is 2.07. The first-order valence-corrected chi connectivity index (χ1v) is 6.18. The molecule has 17 heavy (non-hydrogen) atoms. The van der Waals surface area contributed by atoms with Crippen LogP contribution in [0.3, 0.4) is 0 Å². The molecule has 2 aromatic rings. The minimum atomic E-state index is -0.328. The number of hydrogen-bond acceptors (Lipinski definition) is 3. The second kappa shape index (κ2) is 4.87. The molecule has 2 rings (SSSR count). The third kappa shape index (κ3) is 2.07. The van der Waals surface area contributed by atoms with E-state index >= 15 is 0 Å². The smallest absolute Gasteiger partial charge is 0.327 e. The van der Waals surface area contributed by atoms with E-state index in [1.807, 2.05) is 11.5 Å². The van der Waals surface area contributed by atoms with Crippen molar-refractivity contribution in [3.05, 3.63) is 22.0 Å². The fraction of sp³-hybridized carbons (Fsp3) is 0.545. The van der Waals surface area contributed by atoms with E-state index in [-0.39, 0.29) is 10.8 Å². The summed E-state index contributed by atoms with van der Waals surface area (Å²) in [6.07, 6.45) is 3.56. The van der Waals surface area contributed by atoms with E-state index in [1.165, 1.54) is 0 Å². The van der Waals surface area contributed by atoms with E-state index in [9.17, 15) is 4.79 Å². The van der Waals surface area contributed by atoms with Gasteiger partial charge in [-0.3, -0.25) is 4.57 Å². The minimum Gasteiger partial charge on any atom is -0.327 e. The summed E-state index contributed by atoms with van der Waals surface area (Å²) >= 11 is 6.03. The number of aryl methyl sites for hydroxylation is 2. The van der Waals surface area contributed by atoms with Gasteiger partial charge in [-0.15, -0.1) is 0 Å². The second-order valence-corrected chi connectivity index (χ2v) is 4.31. The number of fused-ring (bicyclic) bond motifs is 1. The van der Waals surface area contributed by atoms with Gasteiger partial charge in [0.05, 0.1) is 6.33 Å². The van der Waals surface area contributed by atoms with Crippen LogP contribution >= 0.6 is 11.6 Å². The molecule has 0 aliphatic rings. The van der Waals surface area contributed by atoms with Crippen molar-refractivity contribution in [2.75, 3.05) is 0 Å². The molecule has 0 bridgehead atoms. The van der Waals surface area contributed by atoms with Gasteiger partial charge in [-0.25, -0.2) is 9.78 Å². The van der Waals surface area contributed by atoms with Gasteiger partial charge < -0.3 is 4.57 Å². The maximum atomic E-state index is 11.7. The van der Waals surface area contributed by atoms with Crippen LogP contribution in [0, 0.1) is 0 Å². The van der Waals surface area contributed by atoms with Crippen LogP contribution < -0.4 is 5.69 Å². The van der Waals surface area contributed by atoms with Crippen molar-refractivity contribution in [1.82, 2.24) is 19.1 Å². The molecule has 92 valence electrons. The molecule has 0 N–H and O–H groups in total. The Morgan fingerprint density at radius 1 is 1.29 bits per heavy atom. The Labute approximate surface area is 104 Å². The summed E-state index contributed by atoms with van der Waals surface area (Å²) in [5.41, 5.74) is 1.05. The van der Waals surface area contributed by atoms with E-state index in [0.717, 1.165) is 24.9 Å². The largest absolute Gasteiger partial charge is 0.350 e. The molecule has 0 unspecified atom stereocenters. The molecule has 0 spiro atoms. The first kappa shape index (κ1) is 12.1. The Morgan fingerprint density at radius 2 is 2.00 bits per heavy atom. The summed E-state index contributed by atoms with van der Waals surface area (Å²) in [4.78, 5) is 19.9. The van der Waals surface area contributed by atoms with Gasteiger partial charge >= 0.3 is 5.69 Å². The minimum absolute atomic E-state index is 0.239. The van der Waals surface area contributed by atoms with E-state index in [0.29, 0.717) is 12.2 Å². The molecule has 0 saturated heterocycles. The molecule has 5 nitrogen and oxygen atoms in total. The molecule has 0 aromatic carbocycles. The van der Waals surface area contributed by atoms with Crippen LogP contribution in [0.4, 0.5) is 0 Å². The number of halogens is 1. The first-order valence-electron chi connectivity index (χ1n) is 5.80. The van der Waals surface area contributed by atoms with E-state index in [4.69, 9.17) is 11.6 Å². The summed E-state index contributed by atoms with van der Waals surface area (Å²) in [5.74, 6) is 0. The Balaban J connectivity index is 2.71. The lowest BCUT2D eigenvalue weighted by Gasteiger charge is -2.06. The molecule has 0 amide bonds. The predicted molar refractivity (Wildman–Crippen MR) is 67.4 cm³/mol. The first-order chi connectivity index (χ1) is 8.19. The summed E-state index contributed by atoms with van der Waals surface area (Å²) < 4.78 is 3.52. The monoisotopic (exact) mass is 254 g/mol. The van der Waals surface area contributed by atoms with E-state index in [1.54, 1.807) is 10.9 Å². The molecule has 0 saturated carbocycles. The van der Waals surface area contributed by atoms with Crippen molar-refractivity contribution in [3.63, 3.8) is 0 Å². The topological polar surface area (TPSA) is 52.7 Å². The SMILES string of the molecule is CCCn1cnc2c1c(Cl)nc(=O)n2CCC. The summed E-state index contributed by atoms with van der Waals surface area (Å²) in [5, 5.41) is 0.239. The van der Waals surface area contributed by atoms with Crippen molar-refractivity contribution >= 4 is 22.8 Å². The lowest BCUT2D eigenvalue weighted by atomic mass is 10.4. The van der Waals surface area contributed by atoms with Crippen LogP contribution in [0.25, 0.3) is 11.2 Å². The lowest BCUT2D eigenvalue weighted by molar-refractivity contribution is 0.653. The van der Waals surface area contributed by atoms with E-state index < -0.39 is 0 Å². The van der Waals surface area contributed by atoms with Crippen molar-refractivity contribution in [2.45, 2.75) is 39.8 Å². The number of imidazole rings is 1. The van der Waals surface area contributed by atoms with Crippen LogP contribution in [0.15, 0.2) is 11.1 Å². The molecule has 0 fully saturated rings. The number of aromatic nitrogens is 4. The second-order valence-electron chi connectivity index (χ2n) is 3.95. The van der Waals surface area contributed by atoms with E-state index in [2.05, 4.69) is 16.9 Å². The van der Waals surface area contributed by atoms with Crippen molar-refractivity contribution in [1.29, 1.82) is 0 Å². The van der Waals surface area contributed by atoms with Crippen LogP contribution in [0.5, 0.6) is 0 Å². The van der Waals surface area contributed by atoms with Gasteiger partial charge in [0.2, 0.25) is 0 Å². The molecule has 6 heteroatoms. The van der Waals surface area contributed by atoms with Crippen molar-refractivity contribution in [2.24, 2.45) is 0 Å². The Kier molecular flexibility index (Phi) is 3.47. The maximum absolute atomic E-state index is 11.7. The quantitative estimate of drug-likeness (QED) is 0.785. The third-order valence-corrected chi connectivity index (χ3v) is 2.87. The van der Waals surface area contributed by atoms with Crippen molar-refractivity contribution in [3.8, 4) is 0 Å². The summed E-state index contributed by atoms with van der Waals surface area (Å²) in [6, 6.07) is 0. The van der Waals surface area contributed by atoms with Crippen LogP contribution in [-0.4, -0.2) is 19.1 Å². The average Bonchev–Trinajstić information content (AvgIpc) is 2.69. The van der Waals surface area contributed by atoms with Gasteiger partial charge in [0.1, 0.15) is 5.52 Å². The molecule has 0 radical (unpaired) electrons. The average molecular weight is 255 g/mol. The Morgan fingerprint density at radius 3 is 2.65 bits per heavy atom. The van der Waals surface area contributed by atoms with Crippen LogP contribution in [0.2, 0.25) is 5.15 Å². The molecule has 2 heterocycles. The third-order valence-electron chi connectivity index (χ3n) is 2.61. The van der Waals surface area contributed by atoms with Crippen LogP contribution in [-0.2, 0) is 13.1 Å². The molecular weight excluding hydrogens is 240 g/mol. The van der Waals surface area contributed by atoms with Gasteiger partial charge in [0.25, 0.3) is 0 Å². The zero-order valence-electron chi connectivity index (χ0n) is 9.98. The number of rotatable bonds is 4. The highest BCUT2D eigenvalue weighted by Gasteiger charge is 2.13. The fourth-order valence-corrected chi connectivity index (χ4v) is 2.17. The number of hydrogen-bond donors (Lipinski definition) is 0. The highest BCUT2D eigenvalue weighted by atomic mass is 35.5. The number of nitrogens with zero attached hydrogens (tertiary/aromatic N) is 4. The standard InChI is InChI=1S/C11H15ClN4O/c1-3-5-15-7-13-10-8(15)9(12)14-11(17)16(10)6-4-2/h7H,3-6H2,1-2H3. The zero-order valence-corrected chi connectivity index (χ0v) is 10.7. The Bertz CT molecular complexity index is 587. The summed E-state index contributed by atoms with van der Waals surface area (Å²) in [7, 11) is 0. The molecule has 0 aliphatic carbocycles.